The van der Waals surface area contributed by atoms with Crippen molar-refractivity contribution in [3.8, 4) is 6.07 Å². The molecule has 27 heavy (non-hydrogen) atoms. The molecule has 3 amide bonds. The average Bonchev–Trinajstić information content (AvgIpc) is 3.09. The van der Waals surface area contributed by atoms with E-state index in [1.807, 2.05) is 13.0 Å². The Morgan fingerprint density at radius 1 is 1.11 bits per heavy atom. The van der Waals surface area contributed by atoms with Crippen molar-refractivity contribution in [3.63, 3.8) is 0 Å². The molecule has 0 aliphatic carbocycles. The van der Waals surface area contributed by atoms with Crippen molar-refractivity contribution in [2.45, 2.75) is 19.8 Å². The van der Waals surface area contributed by atoms with E-state index in [9.17, 15) is 14.4 Å². The van der Waals surface area contributed by atoms with Crippen LogP contribution in [0.5, 0.6) is 0 Å². The lowest BCUT2D eigenvalue weighted by atomic mass is 10.1. The predicted octanol–water partition coefficient (Wildman–Crippen LogP) is 2.57. The molecule has 0 aromatic heterocycles. The molecule has 0 radical (unpaired) electrons. The number of hydrogen-bond donors (Lipinski definition) is 2. The van der Waals surface area contributed by atoms with Crippen molar-refractivity contribution in [1.82, 2.24) is 0 Å². The van der Waals surface area contributed by atoms with Gasteiger partial charge in [-0.1, -0.05) is 18.2 Å². The quantitative estimate of drug-likeness (QED) is 0.819. The van der Waals surface area contributed by atoms with E-state index in [0.29, 0.717) is 18.7 Å². The summed E-state index contributed by atoms with van der Waals surface area (Å²) in [7, 11) is 0. The molecule has 0 spiro atoms. The SMILES string of the molecule is Cc1ccc(NC(=O)C(=O)Nc2ccccc2C#N)cc1N1CCCC1=O. The topological polar surface area (TPSA) is 102 Å². The second-order valence-electron chi connectivity index (χ2n) is 6.22. The molecule has 0 unspecified atom stereocenters. The molecule has 7 nitrogen and oxygen atoms in total. The number of hydrogen-bond acceptors (Lipinski definition) is 4. The smallest absolute Gasteiger partial charge is 0.314 e. The van der Waals surface area contributed by atoms with Crippen molar-refractivity contribution in [1.29, 1.82) is 5.26 Å². The van der Waals surface area contributed by atoms with Crippen LogP contribution in [0.15, 0.2) is 42.5 Å². The largest absolute Gasteiger partial charge is 0.318 e. The molecule has 2 aromatic carbocycles. The highest BCUT2D eigenvalue weighted by Gasteiger charge is 2.24. The van der Waals surface area contributed by atoms with Gasteiger partial charge in [0.05, 0.1) is 11.3 Å². The number of nitrogens with zero attached hydrogens (tertiary/aromatic N) is 2. The lowest BCUT2D eigenvalue weighted by Crippen LogP contribution is -2.29. The van der Waals surface area contributed by atoms with Gasteiger partial charge in [-0.25, -0.2) is 0 Å². The van der Waals surface area contributed by atoms with Gasteiger partial charge in [0.1, 0.15) is 6.07 Å². The Kier molecular flexibility index (Phi) is 5.18. The molecule has 1 aliphatic heterocycles. The Morgan fingerprint density at radius 2 is 1.85 bits per heavy atom. The number of para-hydroxylation sites is 1. The summed E-state index contributed by atoms with van der Waals surface area (Å²) in [6.45, 7) is 2.53. The van der Waals surface area contributed by atoms with Gasteiger partial charge in [-0.05, 0) is 43.2 Å². The third kappa shape index (κ3) is 3.96. The minimum Gasteiger partial charge on any atom is -0.318 e. The van der Waals surface area contributed by atoms with Crippen LogP contribution in [0.25, 0.3) is 0 Å². The van der Waals surface area contributed by atoms with E-state index in [-0.39, 0.29) is 17.2 Å². The number of carbonyl (C=O) groups excluding carboxylic acids is 3. The normalized spacial score (nSPS) is 13.2. The van der Waals surface area contributed by atoms with Gasteiger partial charge >= 0.3 is 11.8 Å². The third-order valence-electron chi connectivity index (χ3n) is 4.33. The van der Waals surface area contributed by atoms with Gasteiger partial charge in [-0.3, -0.25) is 14.4 Å². The van der Waals surface area contributed by atoms with Gasteiger partial charge in [0.25, 0.3) is 0 Å². The number of carbonyl (C=O) groups is 3. The van der Waals surface area contributed by atoms with Crippen molar-refractivity contribution in [2.24, 2.45) is 0 Å². The minimum absolute atomic E-state index is 0.0485. The van der Waals surface area contributed by atoms with E-state index in [4.69, 9.17) is 5.26 Å². The monoisotopic (exact) mass is 362 g/mol. The second-order valence-corrected chi connectivity index (χ2v) is 6.22. The van der Waals surface area contributed by atoms with Crippen molar-refractivity contribution >= 4 is 34.8 Å². The van der Waals surface area contributed by atoms with Crippen molar-refractivity contribution < 1.29 is 14.4 Å². The van der Waals surface area contributed by atoms with Crippen LogP contribution in [0.4, 0.5) is 17.1 Å². The van der Waals surface area contributed by atoms with Crippen LogP contribution in [0, 0.1) is 18.3 Å². The van der Waals surface area contributed by atoms with Gasteiger partial charge in [-0.2, -0.15) is 5.26 Å². The zero-order valence-corrected chi connectivity index (χ0v) is 14.8. The average molecular weight is 362 g/mol. The van der Waals surface area contributed by atoms with Gasteiger partial charge in [0.15, 0.2) is 0 Å². The van der Waals surface area contributed by atoms with Crippen LogP contribution in [0.3, 0.4) is 0 Å². The van der Waals surface area contributed by atoms with Crippen LogP contribution in [-0.2, 0) is 14.4 Å². The molecule has 0 bridgehead atoms. The molecule has 1 aliphatic rings. The number of nitrogens with one attached hydrogen (secondary N) is 2. The van der Waals surface area contributed by atoms with E-state index >= 15 is 0 Å². The maximum Gasteiger partial charge on any atom is 0.314 e. The molecule has 1 heterocycles. The van der Waals surface area contributed by atoms with Crippen molar-refractivity contribution in [2.75, 3.05) is 22.1 Å². The lowest BCUT2D eigenvalue weighted by molar-refractivity contribution is -0.133. The number of aryl methyl sites for hydroxylation is 1. The predicted molar refractivity (Wildman–Crippen MR) is 101 cm³/mol. The maximum absolute atomic E-state index is 12.2. The molecule has 0 atom stereocenters. The Hall–Kier alpha value is -3.66. The molecule has 1 fully saturated rings. The first kappa shape index (κ1) is 18.1. The van der Waals surface area contributed by atoms with E-state index < -0.39 is 11.8 Å². The third-order valence-corrected chi connectivity index (χ3v) is 4.33. The fourth-order valence-electron chi connectivity index (χ4n) is 2.94. The Labute approximate surface area is 156 Å². The number of amides is 3. The molecule has 3 rings (SSSR count). The standard InChI is InChI=1S/C20H18N4O3/c1-13-8-9-15(11-17(13)24-10-4-7-18(24)25)22-19(26)20(27)23-16-6-3-2-5-14(16)12-21/h2-3,5-6,8-9,11H,4,7,10H2,1H3,(H,22,26)(H,23,27). The number of benzene rings is 2. The zero-order valence-electron chi connectivity index (χ0n) is 14.8. The molecule has 7 heteroatoms. The van der Waals surface area contributed by atoms with Gasteiger partial charge in [-0.15, -0.1) is 0 Å². The Bertz CT molecular complexity index is 962. The van der Waals surface area contributed by atoms with E-state index in [1.165, 1.54) is 0 Å². The molecule has 0 saturated carbocycles. The molecule has 2 aromatic rings. The summed E-state index contributed by atoms with van der Waals surface area (Å²) in [4.78, 5) is 38.0. The zero-order chi connectivity index (χ0) is 19.4. The highest BCUT2D eigenvalue weighted by atomic mass is 16.2. The number of nitriles is 1. The highest BCUT2D eigenvalue weighted by molar-refractivity contribution is 6.43. The van der Waals surface area contributed by atoms with E-state index in [0.717, 1.165) is 17.7 Å². The van der Waals surface area contributed by atoms with Crippen LogP contribution < -0.4 is 15.5 Å². The molecule has 1 saturated heterocycles. The van der Waals surface area contributed by atoms with Gasteiger partial charge in [0.2, 0.25) is 5.91 Å². The summed E-state index contributed by atoms with van der Waals surface area (Å²) in [5.41, 5.74) is 2.60. The number of rotatable bonds is 3. The number of anilines is 3. The van der Waals surface area contributed by atoms with Crippen LogP contribution in [0.1, 0.15) is 24.0 Å². The first-order valence-electron chi connectivity index (χ1n) is 8.52. The second kappa shape index (κ2) is 7.70. The molecule has 2 N–H and O–H groups in total. The summed E-state index contributed by atoms with van der Waals surface area (Å²) in [5, 5.41) is 14.0. The fraction of sp³-hybridized carbons (Fsp3) is 0.200. The fourth-order valence-corrected chi connectivity index (χ4v) is 2.94. The van der Waals surface area contributed by atoms with Crippen molar-refractivity contribution in [3.05, 3.63) is 53.6 Å². The van der Waals surface area contributed by atoms with Crippen LogP contribution >= 0.6 is 0 Å². The minimum atomic E-state index is -0.878. The molecular weight excluding hydrogens is 344 g/mol. The summed E-state index contributed by atoms with van der Waals surface area (Å²) in [6, 6.07) is 13.5. The summed E-state index contributed by atoms with van der Waals surface area (Å²) < 4.78 is 0. The van der Waals surface area contributed by atoms with Gasteiger partial charge < -0.3 is 15.5 Å². The molecular formula is C20H18N4O3. The van der Waals surface area contributed by atoms with Gasteiger partial charge in [0, 0.05) is 24.3 Å². The lowest BCUT2D eigenvalue weighted by Gasteiger charge is -2.19. The summed E-state index contributed by atoms with van der Waals surface area (Å²) in [5.74, 6) is -1.69. The Morgan fingerprint density at radius 3 is 2.56 bits per heavy atom. The maximum atomic E-state index is 12.2. The van der Waals surface area contributed by atoms with Crippen LogP contribution in [-0.4, -0.2) is 24.3 Å². The highest BCUT2D eigenvalue weighted by Crippen LogP contribution is 2.28. The molecule has 136 valence electrons. The van der Waals surface area contributed by atoms with E-state index in [1.54, 1.807) is 47.4 Å². The first-order chi connectivity index (χ1) is 13.0. The summed E-state index contributed by atoms with van der Waals surface area (Å²) >= 11 is 0. The van der Waals surface area contributed by atoms with E-state index in [2.05, 4.69) is 10.6 Å². The Balaban J connectivity index is 1.73. The van der Waals surface area contributed by atoms with Crippen LogP contribution in [0.2, 0.25) is 0 Å². The summed E-state index contributed by atoms with van der Waals surface area (Å²) in [6.07, 6.45) is 1.31. The first-order valence-corrected chi connectivity index (χ1v) is 8.52.